The third-order valence-electron chi connectivity index (χ3n) is 6.98. The lowest BCUT2D eigenvalue weighted by Crippen LogP contribution is -2.32. The van der Waals surface area contributed by atoms with E-state index in [1.165, 1.54) is 30.4 Å². The van der Waals surface area contributed by atoms with Gasteiger partial charge in [0, 0.05) is 42.8 Å². The Hall–Kier alpha value is -3.62. The lowest BCUT2D eigenvalue weighted by molar-refractivity contribution is 0.516. The molecule has 7 nitrogen and oxygen atoms in total. The summed E-state index contributed by atoms with van der Waals surface area (Å²) in [5, 5.41) is 7.57. The topological polar surface area (TPSA) is 69.5 Å². The highest BCUT2D eigenvalue weighted by atomic mass is 35.5. The Balaban J connectivity index is 1.15. The fraction of sp³-hybridized carbons (Fsp3) is 0.276. The first kappa shape index (κ1) is 24.7. The Kier molecular flexibility index (Phi) is 7.16. The van der Waals surface area contributed by atoms with Crippen LogP contribution in [0.4, 0.5) is 17.6 Å². The first-order valence-electron chi connectivity index (χ1n) is 13.0. The maximum atomic E-state index is 6.00. The molecule has 1 fully saturated rings. The van der Waals surface area contributed by atoms with Gasteiger partial charge in [0.2, 0.25) is 5.95 Å². The summed E-state index contributed by atoms with van der Waals surface area (Å²) >= 11 is 11.6. The number of fused-ring (bicyclic) bond motifs is 1. The van der Waals surface area contributed by atoms with Crippen LogP contribution in [0.15, 0.2) is 71.1 Å². The van der Waals surface area contributed by atoms with Gasteiger partial charge in [-0.15, -0.1) is 0 Å². The molecule has 2 aliphatic heterocycles. The summed E-state index contributed by atoms with van der Waals surface area (Å²) in [6, 6.07) is 22.1. The number of nitrogens with zero attached hydrogens (tertiary/aromatic N) is 4. The van der Waals surface area contributed by atoms with Gasteiger partial charge in [-0.3, -0.25) is 0 Å². The van der Waals surface area contributed by atoms with Gasteiger partial charge >= 0.3 is 0 Å². The number of benzene rings is 2. The molecule has 9 heteroatoms. The molecule has 2 aromatic carbocycles. The molecule has 6 rings (SSSR count). The van der Waals surface area contributed by atoms with Gasteiger partial charge in [0.15, 0.2) is 5.11 Å². The zero-order chi connectivity index (χ0) is 25.9. The van der Waals surface area contributed by atoms with Gasteiger partial charge in [-0.05, 0) is 79.0 Å². The van der Waals surface area contributed by atoms with Crippen LogP contribution in [-0.2, 0) is 19.6 Å². The van der Waals surface area contributed by atoms with Gasteiger partial charge in [-0.2, -0.15) is 9.97 Å². The van der Waals surface area contributed by atoms with E-state index in [0.717, 1.165) is 54.9 Å². The van der Waals surface area contributed by atoms with Crippen LogP contribution < -0.4 is 20.4 Å². The normalized spacial score (nSPS) is 14.9. The van der Waals surface area contributed by atoms with Crippen LogP contribution in [0.5, 0.6) is 0 Å². The van der Waals surface area contributed by atoms with Crippen LogP contribution in [0, 0.1) is 0 Å². The number of hydrogen-bond donors (Lipinski definition) is 2. The molecule has 0 amide bonds. The average molecular weight is 545 g/mol. The molecule has 2 aliphatic rings. The number of nitrogens with one attached hydrogen (secondary N) is 2. The Morgan fingerprint density at radius 3 is 2.26 bits per heavy atom. The lowest BCUT2D eigenvalue weighted by Gasteiger charge is -2.29. The van der Waals surface area contributed by atoms with E-state index in [0.29, 0.717) is 22.6 Å². The summed E-state index contributed by atoms with van der Waals surface area (Å²) < 4.78 is 5.99. The van der Waals surface area contributed by atoms with E-state index in [2.05, 4.69) is 50.8 Å². The van der Waals surface area contributed by atoms with E-state index in [9.17, 15) is 0 Å². The van der Waals surface area contributed by atoms with E-state index < -0.39 is 0 Å². The van der Waals surface area contributed by atoms with Crippen LogP contribution in [-0.4, -0.2) is 28.2 Å². The van der Waals surface area contributed by atoms with E-state index in [4.69, 9.17) is 38.2 Å². The number of aromatic nitrogens is 2. The van der Waals surface area contributed by atoms with Crippen molar-refractivity contribution in [3.8, 4) is 11.3 Å². The second-order valence-electron chi connectivity index (χ2n) is 9.66. The van der Waals surface area contributed by atoms with Crippen molar-refractivity contribution in [3.05, 3.63) is 88.6 Å². The molecule has 0 unspecified atom stereocenters. The highest BCUT2D eigenvalue weighted by Crippen LogP contribution is 2.30. The molecule has 0 aliphatic carbocycles. The number of rotatable bonds is 6. The lowest BCUT2D eigenvalue weighted by atomic mass is 10.1. The standard InChI is InChI=1S/C29H29ClN6OS/c30-23-10-8-20(9-11-23)25-13-12-24(37-25)17-31-29(38)34-28-32-26(35-14-4-1-5-15-35)16-27(33-28)36-18-21-6-2-3-7-22(21)19-36/h2-3,6-13,16H,1,4-5,14-15,17-19H2,(H2,31,32,33,34,38). The monoisotopic (exact) mass is 544 g/mol. The minimum Gasteiger partial charge on any atom is -0.459 e. The van der Waals surface area contributed by atoms with Crippen molar-refractivity contribution in [2.24, 2.45) is 0 Å². The zero-order valence-corrected chi connectivity index (χ0v) is 22.6. The van der Waals surface area contributed by atoms with E-state index in [-0.39, 0.29) is 0 Å². The van der Waals surface area contributed by atoms with Crippen molar-refractivity contribution >= 4 is 46.5 Å². The summed E-state index contributed by atoms with van der Waals surface area (Å²) in [5.74, 6) is 3.90. The van der Waals surface area contributed by atoms with E-state index >= 15 is 0 Å². The van der Waals surface area contributed by atoms with Gasteiger partial charge in [0.05, 0.1) is 6.54 Å². The quantitative estimate of drug-likeness (QED) is 0.271. The first-order chi connectivity index (χ1) is 18.6. The molecule has 38 heavy (non-hydrogen) atoms. The number of hydrogen-bond acceptors (Lipinski definition) is 6. The van der Waals surface area contributed by atoms with Crippen LogP contribution in [0.3, 0.4) is 0 Å². The maximum absolute atomic E-state index is 6.00. The number of halogens is 1. The second-order valence-corrected chi connectivity index (χ2v) is 10.5. The SMILES string of the molecule is S=C(NCc1ccc(-c2ccc(Cl)cc2)o1)Nc1nc(N2CCCCC2)cc(N2Cc3ccccc3C2)n1. The molecule has 194 valence electrons. The predicted molar refractivity (Wildman–Crippen MR) is 157 cm³/mol. The van der Waals surface area contributed by atoms with Crippen molar-refractivity contribution in [1.29, 1.82) is 0 Å². The number of thiocarbonyl (C=S) groups is 1. The van der Waals surface area contributed by atoms with Gasteiger partial charge in [0.25, 0.3) is 0 Å². The van der Waals surface area contributed by atoms with Crippen LogP contribution in [0.25, 0.3) is 11.3 Å². The number of furan rings is 1. The Morgan fingerprint density at radius 2 is 1.55 bits per heavy atom. The van der Waals surface area contributed by atoms with E-state index in [1.807, 2.05) is 36.4 Å². The Bertz CT molecular complexity index is 1410. The molecule has 0 atom stereocenters. The molecule has 1 saturated heterocycles. The van der Waals surface area contributed by atoms with Gasteiger partial charge in [0.1, 0.15) is 23.2 Å². The fourth-order valence-electron chi connectivity index (χ4n) is 4.98. The molecule has 4 heterocycles. The highest BCUT2D eigenvalue weighted by Gasteiger charge is 2.23. The van der Waals surface area contributed by atoms with Crippen LogP contribution >= 0.6 is 23.8 Å². The molecule has 0 spiro atoms. The zero-order valence-electron chi connectivity index (χ0n) is 21.0. The summed E-state index contributed by atoms with van der Waals surface area (Å²) in [6.45, 7) is 4.13. The summed E-state index contributed by atoms with van der Waals surface area (Å²) in [7, 11) is 0. The number of piperidine rings is 1. The molecule has 0 bridgehead atoms. The molecule has 0 radical (unpaired) electrons. The molecule has 2 aromatic heterocycles. The smallest absolute Gasteiger partial charge is 0.232 e. The van der Waals surface area contributed by atoms with Crippen molar-refractivity contribution in [2.45, 2.75) is 38.9 Å². The Labute approximate surface area is 232 Å². The van der Waals surface area contributed by atoms with E-state index in [1.54, 1.807) is 0 Å². The van der Waals surface area contributed by atoms with Crippen LogP contribution in [0.1, 0.15) is 36.1 Å². The molecule has 0 saturated carbocycles. The number of anilines is 3. The molecular weight excluding hydrogens is 516 g/mol. The average Bonchev–Trinajstić information content (AvgIpc) is 3.60. The third kappa shape index (κ3) is 5.61. The summed E-state index contributed by atoms with van der Waals surface area (Å²) in [6.07, 6.45) is 3.62. The third-order valence-corrected chi connectivity index (χ3v) is 7.48. The fourth-order valence-corrected chi connectivity index (χ4v) is 5.26. The second kappa shape index (κ2) is 11.0. The predicted octanol–water partition coefficient (Wildman–Crippen LogP) is 6.39. The van der Waals surface area contributed by atoms with Crippen LogP contribution in [0.2, 0.25) is 5.02 Å². The highest BCUT2D eigenvalue weighted by molar-refractivity contribution is 7.80. The Morgan fingerprint density at radius 1 is 0.868 bits per heavy atom. The van der Waals surface area contributed by atoms with Crippen molar-refractivity contribution in [3.63, 3.8) is 0 Å². The summed E-state index contributed by atoms with van der Waals surface area (Å²) in [5.41, 5.74) is 3.66. The molecule has 2 N–H and O–H groups in total. The molecule has 4 aromatic rings. The van der Waals surface area contributed by atoms with Gasteiger partial charge in [-0.25, -0.2) is 0 Å². The largest absolute Gasteiger partial charge is 0.459 e. The summed E-state index contributed by atoms with van der Waals surface area (Å²) in [4.78, 5) is 14.3. The van der Waals surface area contributed by atoms with Gasteiger partial charge in [-0.1, -0.05) is 35.9 Å². The minimum absolute atomic E-state index is 0.444. The van der Waals surface area contributed by atoms with Crippen molar-refractivity contribution in [2.75, 3.05) is 28.2 Å². The minimum atomic E-state index is 0.444. The first-order valence-corrected chi connectivity index (χ1v) is 13.7. The van der Waals surface area contributed by atoms with Gasteiger partial charge < -0.3 is 24.9 Å². The molecular formula is C29H29ClN6OS. The van der Waals surface area contributed by atoms with Crippen molar-refractivity contribution < 1.29 is 4.42 Å². The maximum Gasteiger partial charge on any atom is 0.232 e. The van der Waals surface area contributed by atoms with Crippen molar-refractivity contribution in [1.82, 2.24) is 15.3 Å².